The molecule has 0 amide bonds. The van der Waals surface area contributed by atoms with Crippen LogP contribution < -0.4 is 20.1 Å². The van der Waals surface area contributed by atoms with Crippen LogP contribution in [-0.2, 0) is 13.0 Å². The lowest BCUT2D eigenvalue weighted by Gasteiger charge is -2.14. The van der Waals surface area contributed by atoms with Crippen LogP contribution in [0.3, 0.4) is 0 Å². The molecule has 9 heteroatoms. The SMILES string of the molecule is CN=C(NCCc1nc(C)no1)NCc1ccc(OC)cc1OC.I. The quantitative estimate of drug-likeness (QED) is 0.370. The third kappa shape index (κ3) is 6.40. The van der Waals surface area contributed by atoms with Crippen LogP contribution in [-0.4, -0.2) is 43.9 Å². The van der Waals surface area contributed by atoms with Crippen molar-refractivity contribution in [1.82, 2.24) is 20.8 Å². The minimum atomic E-state index is 0. The van der Waals surface area contributed by atoms with E-state index < -0.39 is 0 Å². The van der Waals surface area contributed by atoms with Crippen LogP contribution in [0.5, 0.6) is 11.5 Å². The second-order valence-electron chi connectivity index (χ2n) is 5.02. The second-order valence-corrected chi connectivity index (χ2v) is 5.02. The molecular formula is C16H24IN5O3. The summed E-state index contributed by atoms with van der Waals surface area (Å²) >= 11 is 0. The molecule has 2 rings (SSSR count). The first kappa shape index (κ1) is 21.0. The maximum Gasteiger partial charge on any atom is 0.228 e. The van der Waals surface area contributed by atoms with E-state index in [0.29, 0.717) is 37.2 Å². The van der Waals surface area contributed by atoms with Crippen LogP contribution in [0.2, 0.25) is 0 Å². The van der Waals surface area contributed by atoms with Gasteiger partial charge in [-0.2, -0.15) is 4.98 Å². The predicted molar refractivity (Wildman–Crippen MR) is 106 cm³/mol. The van der Waals surface area contributed by atoms with Crippen molar-refractivity contribution in [2.75, 3.05) is 27.8 Å². The molecular weight excluding hydrogens is 437 g/mol. The first-order valence-electron chi connectivity index (χ1n) is 7.61. The first-order valence-corrected chi connectivity index (χ1v) is 7.61. The molecule has 1 heterocycles. The van der Waals surface area contributed by atoms with Crippen molar-refractivity contribution in [3.05, 3.63) is 35.5 Å². The minimum absolute atomic E-state index is 0. The lowest BCUT2D eigenvalue weighted by atomic mass is 10.2. The average molecular weight is 461 g/mol. The van der Waals surface area contributed by atoms with E-state index >= 15 is 0 Å². The smallest absolute Gasteiger partial charge is 0.228 e. The Balaban J connectivity index is 0.00000312. The van der Waals surface area contributed by atoms with Gasteiger partial charge in [-0.1, -0.05) is 5.16 Å². The molecule has 0 aliphatic rings. The number of benzene rings is 1. The third-order valence-electron chi connectivity index (χ3n) is 3.37. The summed E-state index contributed by atoms with van der Waals surface area (Å²) in [6.45, 7) is 3.01. The Labute approximate surface area is 164 Å². The zero-order valence-electron chi connectivity index (χ0n) is 14.8. The average Bonchev–Trinajstić information content (AvgIpc) is 3.03. The standard InChI is InChI=1S/C16H23N5O3.HI/c1-11-20-15(24-21-11)7-8-18-16(17-2)19-10-12-5-6-13(22-3)9-14(12)23-4;/h5-6,9H,7-8,10H2,1-4H3,(H2,17,18,19);1H. The fourth-order valence-electron chi connectivity index (χ4n) is 2.13. The van der Waals surface area contributed by atoms with Crippen molar-refractivity contribution in [2.45, 2.75) is 19.9 Å². The van der Waals surface area contributed by atoms with Gasteiger partial charge < -0.3 is 24.6 Å². The maximum atomic E-state index is 5.39. The summed E-state index contributed by atoms with van der Waals surface area (Å²) in [5.74, 6) is 3.45. The lowest BCUT2D eigenvalue weighted by molar-refractivity contribution is 0.374. The molecule has 0 radical (unpaired) electrons. The second kappa shape index (κ2) is 10.7. The molecule has 0 aliphatic heterocycles. The largest absolute Gasteiger partial charge is 0.497 e. The van der Waals surface area contributed by atoms with Gasteiger partial charge >= 0.3 is 0 Å². The van der Waals surface area contributed by atoms with Gasteiger partial charge in [0.25, 0.3) is 0 Å². The number of guanidine groups is 1. The van der Waals surface area contributed by atoms with E-state index in [0.717, 1.165) is 17.1 Å². The molecule has 2 N–H and O–H groups in total. The van der Waals surface area contributed by atoms with Crippen LogP contribution in [0.1, 0.15) is 17.3 Å². The van der Waals surface area contributed by atoms with E-state index in [1.165, 1.54) is 0 Å². The van der Waals surface area contributed by atoms with Crippen LogP contribution in [0, 0.1) is 6.92 Å². The summed E-state index contributed by atoms with van der Waals surface area (Å²) < 4.78 is 15.7. The molecule has 2 aromatic rings. The van der Waals surface area contributed by atoms with Gasteiger partial charge in [0.2, 0.25) is 5.89 Å². The van der Waals surface area contributed by atoms with E-state index in [2.05, 4.69) is 25.8 Å². The predicted octanol–water partition coefficient (Wildman–Crippen LogP) is 1.92. The van der Waals surface area contributed by atoms with Gasteiger partial charge in [0.15, 0.2) is 11.8 Å². The van der Waals surface area contributed by atoms with Gasteiger partial charge in [-0.25, -0.2) is 0 Å². The van der Waals surface area contributed by atoms with E-state index in [-0.39, 0.29) is 24.0 Å². The Morgan fingerprint density at radius 2 is 2.04 bits per heavy atom. The van der Waals surface area contributed by atoms with E-state index in [1.807, 2.05) is 18.2 Å². The molecule has 0 saturated carbocycles. The van der Waals surface area contributed by atoms with Gasteiger partial charge in [0.05, 0.1) is 14.2 Å². The molecule has 25 heavy (non-hydrogen) atoms. The van der Waals surface area contributed by atoms with Gasteiger partial charge in [-0.05, 0) is 19.1 Å². The van der Waals surface area contributed by atoms with Crippen LogP contribution in [0.15, 0.2) is 27.7 Å². The molecule has 0 atom stereocenters. The highest BCUT2D eigenvalue weighted by Gasteiger charge is 2.07. The molecule has 0 fully saturated rings. The number of nitrogens with one attached hydrogen (secondary N) is 2. The molecule has 1 aromatic carbocycles. The van der Waals surface area contributed by atoms with Gasteiger partial charge in [0.1, 0.15) is 11.5 Å². The number of methoxy groups -OCH3 is 2. The molecule has 0 bridgehead atoms. The minimum Gasteiger partial charge on any atom is -0.497 e. The Hall–Kier alpha value is -2.04. The van der Waals surface area contributed by atoms with E-state index in [1.54, 1.807) is 28.2 Å². The summed E-state index contributed by atoms with van der Waals surface area (Å²) in [5, 5.41) is 10.2. The molecule has 0 aliphatic carbocycles. The van der Waals surface area contributed by atoms with Crippen LogP contribution in [0.25, 0.3) is 0 Å². The lowest BCUT2D eigenvalue weighted by Crippen LogP contribution is -2.37. The van der Waals surface area contributed by atoms with Crippen molar-refractivity contribution in [3.63, 3.8) is 0 Å². The number of aliphatic imine (C=N–C) groups is 1. The summed E-state index contributed by atoms with van der Waals surface area (Å²) in [6.07, 6.45) is 0.632. The highest BCUT2D eigenvalue weighted by atomic mass is 127. The number of nitrogens with zero attached hydrogens (tertiary/aromatic N) is 3. The third-order valence-corrected chi connectivity index (χ3v) is 3.37. The number of hydrogen-bond donors (Lipinski definition) is 2. The number of aryl methyl sites for hydroxylation is 1. The zero-order chi connectivity index (χ0) is 17.4. The number of hydrogen-bond acceptors (Lipinski definition) is 6. The zero-order valence-corrected chi connectivity index (χ0v) is 17.2. The number of aromatic nitrogens is 2. The van der Waals surface area contributed by atoms with Gasteiger partial charge in [-0.3, -0.25) is 4.99 Å². The Kier molecular flexibility index (Phi) is 9.03. The van der Waals surface area contributed by atoms with E-state index in [4.69, 9.17) is 14.0 Å². The molecule has 0 saturated heterocycles. The Morgan fingerprint density at radius 3 is 2.64 bits per heavy atom. The first-order chi connectivity index (χ1) is 11.7. The Bertz CT molecular complexity index is 690. The van der Waals surface area contributed by atoms with E-state index in [9.17, 15) is 0 Å². The fourth-order valence-corrected chi connectivity index (χ4v) is 2.13. The highest BCUT2D eigenvalue weighted by molar-refractivity contribution is 14.0. The molecule has 0 unspecified atom stereocenters. The van der Waals surface area contributed by atoms with Crippen LogP contribution >= 0.6 is 24.0 Å². The molecule has 1 aromatic heterocycles. The number of rotatable bonds is 7. The molecule has 0 spiro atoms. The Morgan fingerprint density at radius 1 is 1.24 bits per heavy atom. The van der Waals surface area contributed by atoms with Crippen molar-refractivity contribution in [2.24, 2.45) is 4.99 Å². The normalized spacial score (nSPS) is 10.8. The maximum absolute atomic E-state index is 5.39. The van der Waals surface area contributed by atoms with Crippen LogP contribution in [0.4, 0.5) is 0 Å². The summed E-state index contributed by atoms with van der Waals surface area (Å²) in [5.41, 5.74) is 1.01. The van der Waals surface area contributed by atoms with Gasteiger partial charge in [-0.15, -0.1) is 24.0 Å². The molecule has 8 nitrogen and oxygen atoms in total. The molecule has 138 valence electrons. The van der Waals surface area contributed by atoms with Crippen molar-refractivity contribution in [3.8, 4) is 11.5 Å². The van der Waals surface area contributed by atoms with Crippen molar-refractivity contribution in [1.29, 1.82) is 0 Å². The van der Waals surface area contributed by atoms with Gasteiger partial charge in [0, 0.05) is 38.2 Å². The number of halogens is 1. The summed E-state index contributed by atoms with van der Waals surface area (Å²) in [7, 11) is 4.98. The fraction of sp³-hybridized carbons (Fsp3) is 0.438. The summed E-state index contributed by atoms with van der Waals surface area (Å²) in [4.78, 5) is 8.35. The summed E-state index contributed by atoms with van der Waals surface area (Å²) in [6, 6.07) is 5.71. The highest BCUT2D eigenvalue weighted by Crippen LogP contribution is 2.24. The van der Waals surface area contributed by atoms with Crippen molar-refractivity contribution >= 4 is 29.9 Å². The number of ether oxygens (including phenoxy) is 2. The topological polar surface area (TPSA) is 93.8 Å². The van der Waals surface area contributed by atoms with Crippen molar-refractivity contribution < 1.29 is 14.0 Å². The monoisotopic (exact) mass is 461 g/mol.